The summed E-state index contributed by atoms with van der Waals surface area (Å²) in [6.07, 6.45) is 3.24. The van der Waals surface area contributed by atoms with E-state index < -0.39 is 18.0 Å². The first kappa shape index (κ1) is 15.3. The number of carboxylic acids is 1. The van der Waals surface area contributed by atoms with E-state index in [4.69, 9.17) is 4.74 Å². The number of methoxy groups -OCH3 is 1. The summed E-state index contributed by atoms with van der Waals surface area (Å²) in [5, 5.41) is 9.57. The molecule has 1 aliphatic rings. The summed E-state index contributed by atoms with van der Waals surface area (Å²) in [7, 11) is 1.31. The predicted molar refractivity (Wildman–Crippen MR) is 77.4 cm³/mol. The van der Waals surface area contributed by atoms with Gasteiger partial charge in [0.05, 0.1) is 12.7 Å². The molecule has 2 rings (SSSR count). The topological polar surface area (TPSA) is 79.7 Å². The van der Waals surface area contributed by atoms with E-state index in [9.17, 15) is 14.7 Å². The van der Waals surface area contributed by atoms with Crippen molar-refractivity contribution in [1.82, 2.24) is 4.98 Å². The lowest BCUT2D eigenvalue weighted by molar-refractivity contribution is -0.142. The van der Waals surface area contributed by atoms with Crippen LogP contribution >= 0.6 is 0 Å². The van der Waals surface area contributed by atoms with Crippen molar-refractivity contribution in [3.8, 4) is 0 Å². The molecule has 0 amide bonds. The molecule has 1 atom stereocenters. The molecule has 1 aliphatic heterocycles. The Labute approximate surface area is 123 Å². The van der Waals surface area contributed by atoms with Gasteiger partial charge >= 0.3 is 11.9 Å². The highest BCUT2D eigenvalue weighted by atomic mass is 16.5. The van der Waals surface area contributed by atoms with E-state index in [1.165, 1.54) is 13.3 Å². The number of nitrogens with zero attached hydrogens (tertiary/aromatic N) is 2. The van der Waals surface area contributed by atoms with Gasteiger partial charge < -0.3 is 14.7 Å². The summed E-state index contributed by atoms with van der Waals surface area (Å²) in [5.41, 5.74) is 0.0163. The molecular weight excluding hydrogens is 272 g/mol. The Morgan fingerprint density at radius 2 is 2.19 bits per heavy atom. The number of carbonyl (C=O) groups is 2. The molecule has 1 fully saturated rings. The van der Waals surface area contributed by atoms with Gasteiger partial charge in [-0.3, -0.25) is 0 Å². The molecule has 21 heavy (non-hydrogen) atoms. The molecule has 1 saturated heterocycles. The Bertz CT molecular complexity index is 556. The van der Waals surface area contributed by atoms with Crippen molar-refractivity contribution in [2.75, 3.05) is 18.6 Å². The monoisotopic (exact) mass is 292 g/mol. The average molecular weight is 292 g/mol. The molecule has 0 aliphatic carbocycles. The first-order chi connectivity index (χ1) is 9.86. The highest BCUT2D eigenvalue weighted by molar-refractivity contribution is 5.90. The summed E-state index contributed by atoms with van der Waals surface area (Å²) in [5.74, 6) is -0.829. The summed E-state index contributed by atoms with van der Waals surface area (Å²) >= 11 is 0. The lowest BCUT2D eigenvalue weighted by Crippen LogP contribution is -2.54. The van der Waals surface area contributed by atoms with Crippen LogP contribution in [0.3, 0.4) is 0 Å². The van der Waals surface area contributed by atoms with E-state index in [1.54, 1.807) is 17.0 Å². The third-order valence-corrected chi connectivity index (χ3v) is 3.97. The van der Waals surface area contributed by atoms with Gasteiger partial charge in [0, 0.05) is 12.7 Å². The van der Waals surface area contributed by atoms with Crippen molar-refractivity contribution < 1.29 is 19.4 Å². The number of carboxylic acid groups (broad SMARTS) is 1. The Morgan fingerprint density at radius 1 is 1.48 bits per heavy atom. The number of hydrogen-bond acceptors (Lipinski definition) is 5. The Hall–Kier alpha value is -2.11. The second kappa shape index (κ2) is 5.71. The third-order valence-electron chi connectivity index (χ3n) is 3.97. The molecular formula is C15H20N2O4. The van der Waals surface area contributed by atoms with Gasteiger partial charge in [0.15, 0.2) is 0 Å². The van der Waals surface area contributed by atoms with Crippen molar-refractivity contribution in [1.29, 1.82) is 0 Å². The number of ether oxygens (including phenoxy) is 1. The number of anilines is 1. The largest absolute Gasteiger partial charge is 0.480 e. The van der Waals surface area contributed by atoms with Crippen LogP contribution < -0.4 is 4.90 Å². The van der Waals surface area contributed by atoms with Crippen molar-refractivity contribution in [3.63, 3.8) is 0 Å². The van der Waals surface area contributed by atoms with Crippen LogP contribution in [0.5, 0.6) is 0 Å². The van der Waals surface area contributed by atoms with Crippen LogP contribution in [0, 0.1) is 5.41 Å². The molecule has 1 aromatic heterocycles. The van der Waals surface area contributed by atoms with E-state index in [0.717, 1.165) is 12.8 Å². The van der Waals surface area contributed by atoms with Crippen molar-refractivity contribution in [2.45, 2.75) is 32.7 Å². The lowest BCUT2D eigenvalue weighted by atomic mass is 9.76. The summed E-state index contributed by atoms with van der Waals surface area (Å²) in [6, 6.07) is 2.48. The SMILES string of the molecule is COC(=O)c1ccnc(N2CCCC(C)(C)C2C(=O)O)c1. The lowest BCUT2D eigenvalue weighted by Gasteiger charge is -2.44. The van der Waals surface area contributed by atoms with Gasteiger partial charge in [-0.15, -0.1) is 0 Å². The zero-order valence-electron chi connectivity index (χ0n) is 12.5. The fourth-order valence-corrected chi connectivity index (χ4v) is 2.93. The van der Waals surface area contributed by atoms with Gasteiger partial charge in [0.2, 0.25) is 0 Å². The molecule has 0 spiro atoms. The minimum atomic E-state index is -0.870. The molecule has 2 heterocycles. The molecule has 6 heteroatoms. The first-order valence-electron chi connectivity index (χ1n) is 6.90. The van der Waals surface area contributed by atoms with Gasteiger partial charge in [-0.05, 0) is 30.4 Å². The minimum absolute atomic E-state index is 0.354. The highest BCUT2D eigenvalue weighted by Gasteiger charge is 2.43. The van der Waals surface area contributed by atoms with Crippen molar-refractivity contribution in [3.05, 3.63) is 23.9 Å². The number of pyridine rings is 1. The standard InChI is InChI=1S/C15H20N2O4/c1-15(2)6-4-8-17(12(15)13(18)19)11-9-10(5-7-16-11)14(20)21-3/h5,7,9,12H,4,6,8H2,1-3H3,(H,18,19). The fourth-order valence-electron chi connectivity index (χ4n) is 2.93. The Kier molecular flexibility index (Phi) is 4.16. The van der Waals surface area contributed by atoms with Gasteiger partial charge in [-0.2, -0.15) is 0 Å². The molecule has 0 radical (unpaired) electrons. The van der Waals surface area contributed by atoms with Crippen LogP contribution in [-0.4, -0.2) is 41.7 Å². The molecule has 0 bridgehead atoms. The number of rotatable bonds is 3. The van der Waals surface area contributed by atoms with E-state index in [0.29, 0.717) is 17.9 Å². The second-order valence-electron chi connectivity index (χ2n) is 5.92. The number of carbonyl (C=O) groups excluding carboxylic acids is 1. The average Bonchev–Trinajstić information content (AvgIpc) is 2.44. The van der Waals surface area contributed by atoms with Crippen LogP contribution in [0.1, 0.15) is 37.0 Å². The van der Waals surface area contributed by atoms with Crippen LogP contribution in [0.15, 0.2) is 18.3 Å². The van der Waals surface area contributed by atoms with Gasteiger partial charge in [0.1, 0.15) is 11.9 Å². The molecule has 1 aromatic rings. The molecule has 0 aromatic carbocycles. The highest BCUT2D eigenvalue weighted by Crippen LogP contribution is 2.37. The Balaban J connectivity index is 2.39. The van der Waals surface area contributed by atoms with Crippen LogP contribution in [0.25, 0.3) is 0 Å². The fraction of sp³-hybridized carbons (Fsp3) is 0.533. The van der Waals surface area contributed by atoms with Crippen molar-refractivity contribution in [2.24, 2.45) is 5.41 Å². The van der Waals surface area contributed by atoms with Gasteiger partial charge in [0.25, 0.3) is 0 Å². The van der Waals surface area contributed by atoms with Crippen LogP contribution in [0.4, 0.5) is 5.82 Å². The van der Waals surface area contributed by atoms with E-state index >= 15 is 0 Å². The van der Waals surface area contributed by atoms with E-state index in [1.807, 2.05) is 13.8 Å². The molecule has 114 valence electrons. The maximum absolute atomic E-state index is 11.7. The number of aromatic nitrogens is 1. The van der Waals surface area contributed by atoms with Crippen molar-refractivity contribution >= 4 is 17.8 Å². The number of hydrogen-bond donors (Lipinski definition) is 1. The number of piperidine rings is 1. The third kappa shape index (κ3) is 2.99. The Morgan fingerprint density at radius 3 is 2.81 bits per heavy atom. The second-order valence-corrected chi connectivity index (χ2v) is 5.92. The van der Waals surface area contributed by atoms with Crippen LogP contribution in [-0.2, 0) is 9.53 Å². The van der Waals surface area contributed by atoms with Gasteiger partial charge in [-0.1, -0.05) is 13.8 Å². The minimum Gasteiger partial charge on any atom is -0.480 e. The maximum Gasteiger partial charge on any atom is 0.338 e. The van der Waals surface area contributed by atoms with Crippen LogP contribution in [0.2, 0.25) is 0 Å². The zero-order valence-corrected chi connectivity index (χ0v) is 12.5. The smallest absolute Gasteiger partial charge is 0.338 e. The van der Waals surface area contributed by atoms with E-state index in [2.05, 4.69) is 4.98 Å². The van der Waals surface area contributed by atoms with Gasteiger partial charge in [-0.25, -0.2) is 14.6 Å². The zero-order chi connectivity index (χ0) is 15.6. The predicted octanol–water partition coefficient (Wildman–Crippen LogP) is 1.95. The summed E-state index contributed by atoms with van der Waals surface area (Å²) < 4.78 is 4.69. The molecule has 0 saturated carbocycles. The molecule has 1 unspecified atom stereocenters. The quantitative estimate of drug-likeness (QED) is 0.858. The summed E-state index contributed by atoms with van der Waals surface area (Å²) in [4.78, 5) is 29.3. The molecule has 1 N–H and O–H groups in total. The maximum atomic E-state index is 11.7. The summed E-state index contributed by atoms with van der Waals surface area (Å²) in [6.45, 7) is 4.50. The normalized spacial score (nSPS) is 20.9. The first-order valence-corrected chi connectivity index (χ1v) is 6.90. The number of aliphatic carboxylic acids is 1. The number of esters is 1. The molecule has 6 nitrogen and oxygen atoms in total. The van der Waals surface area contributed by atoms with E-state index in [-0.39, 0.29) is 5.41 Å².